The first kappa shape index (κ1) is 10.9. The number of fused-ring (bicyclic) bond motifs is 3. The summed E-state index contributed by atoms with van der Waals surface area (Å²) in [4.78, 5) is 0. The van der Waals surface area contributed by atoms with E-state index in [0.29, 0.717) is 17.9 Å². The Morgan fingerprint density at radius 3 is 2.76 bits per heavy atom. The second kappa shape index (κ2) is 3.38. The first-order chi connectivity index (χ1) is 8.02. The number of alkyl halides is 3. The molecule has 1 N–H and O–H groups in total. The Morgan fingerprint density at radius 2 is 2.12 bits per heavy atom. The third kappa shape index (κ3) is 1.60. The van der Waals surface area contributed by atoms with Gasteiger partial charge in [-0.3, -0.25) is 0 Å². The lowest BCUT2D eigenvalue weighted by Crippen LogP contribution is -2.11. The standard InChI is InChI=1S/C12H11F3O2/c13-12(14,15)6-1-2-10-7(3-6)11-8(4-16)9(11)5-17-10/h1-3,8-9,11,16H,4-5H2/t8-,9?,11?/m1/s1. The molecular weight excluding hydrogens is 233 g/mol. The minimum atomic E-state index is -4.33. The Hall–Kier alpha value is -1.23. The van der Waals surface area contributed by atoms with E-state index >= 15 is 0 Å². The van der Waals surface area contributed by atoms with E-state index in [1.54, 1.807) is 0 Å². The van der Waals surface area contributed by atoms with Crippen molar-refractivity contribution in [3.05, 3.63) is 29.3 Å². The molecule has 3 atom stereocenters. The molecule has 0 saturated heterocycles. The van der Waals surface area contributed by atoms with Crippen molar-refractivity contribution in [2.45, 2.75) is 12.1 Å². The van der Waals surface area contributed by atoms with Gasteiger partial charge in [-0.25, -0.2) is 0 Å². The molecule has 2 nitrogen and oxygen atoms in total. The molecule has 1 heterocycles. The van der Waals surface area contributed by atoms with Gasteiger partial charge in [0.1, 0.15) is 5.75 Å². The molecule has 92 valence electrons. The summed E-state index contributed by atoms with van der Waals surface area (Å²) in [7, 11) is 0. The van der Waals surface area contributed by atoms with Crippen molar-refractivity contribution >= 4 is 0 Å². The zero-order valence-electron chi connectivity index (χ0n) is 8.87. The monoisotopic (exact) mass is 244 g/mol. The van der Waals surface area contributed by atoms with Crippen LogP contribution >= 0.6 is 0 Å². The molecule has 0 bridgehead atoms. The van der Waals surface area contributed by atoms with Gasteiger partial charge >= 0.3 is 6.18 Å². The van der Waals surface area contributed by atoms with Gasteiger partial charge in [-0.05, 0) is 35.6 Å². The lowest BCUT2D eigenvalue weighted by atomic mass is 10.0. The Morgan fingerprint density at radius 1 is 1.35 bits per heavy atom. The van der Waals surface area contributed by atoms with Crippen LogP contribution in [0.1, 0.15) is 17.0 Å². The molecule has 1 aromatic rings. The maximum Gasteiger partial charge on any atom is 0.416 e. The summed E-state index contributed by atoms with van der Waals surface area (Å²) in [6.07, 6.45) is -4.33. The predicted octanol–water partition coefficient (Wildman–Crippen LogP) is 2.42. The fourth-order valence-corrected chi connectivity index (χ4v) is 2.69. The Balaban J connectivity index is 2.00. The average Bonchev–Trinajstić information content (AvgIpc) is 3.00. The summed E-state index contributed by atoms with van der Waals surface area (Å²) in [6.45, 7) is 0.503. The van der Waals surface area contributed by atoms with E-state index < -0.39 is 11.7 Å². The van der Waals surface area contributed by atoms with Crippen molar-refractivity contribution in [1.82, 2.24) is 0 Å². The SMILES string of the molecule is OC[C@@H]1C2COc3ccc(C(F)(F)F)cc3C21. The molecule has 2 aliphatic rings. The lowest BCUT2D eigenvalue weighted by Gasteiger charge is -2.18. The van der Waals surface area contributed by atoms with E-state index in [9.17, 15) is 13.2 Å². The van der Waals surface area contributed by atoms with Crippen LogP contribution in [0.15, 0.2) is 18.2 Å². The molecule has 3 rings (SSSR count). The van der Waals surface area contributed by atoms with Crippen molar-refractivity contribution in [3.8, 4) is 5.75 Å². The average molecular weight is 244 g/mol. The summed E-state index contributed by atoms with van der Waals surface area (Å²) in [5.74, 6) is 0.789. The fourth-order valence-electron chi connectivity index (χ4n) is 2.69. The molecule has 2 unspecified atom stereocenters. The summed E-state index contributed by atoms with van der Waals surface area (Å²) < 4.78 is 43.2. The molecule has 0 aromatic heterocycles. The molecule has 0 amide bonds. The van der Waals surface area contributed by atoms with Crippen LogP contribution in [0, 0.1) is 11.8 Å². The molecular formula is C12H11F3O2. The van der Waals surface area contributed by atoms with Gasteiger partial charge in [0, 0.05) is 12.5 Å². The van der Waals surface area contributed by atoms with Gasteiger partial charge in [0.15, 0.2) is 0 Å². The van der Waals surface area contributed by atoms with Crippen LogP contribution in [0.3, 0.4) is 0 Å². The number of ether oxygens (including phenoxy) is 1. The van der Waals surface area contributed by atoms with Crippen LogP contribution in [0.4, 0.5) is 13.2 Å². The van der Waals surface area contributed by atoms with Crippen LogP contribution < -0.4 is 4.74 Å². The van der Waals surface area contributed by atoms with Gasteiger partial charge in [0.2, 0.25) is 0 Å². The van der Waals surface area contributed by atoms with Crippen molar-refractivity contribution < 1.29 is 23.0 Å². The molecule has 1 aromatic carbocycles. The minimum Gasteiger partial charge on any atom is -0.493 e. The molecule has 0 spiro atoms. The van der Waals surface area contributed by atoms with Crippen molar-refractivity contribution in [2.75, 3.05) is 13.2 Å². The highest BCUT2D eigenvalue weighted by atomic mass is 19.4. The number of hydrogen-bond acceptors (Lipinski definition) is 2. The number of aliphatic hydroxyl groups is 1. The molecule has 1 saturated carbocycles. The molecule has 0 radical (unpaired) electrons. The number of rotatable bonds is 1. The van der Waals surface area contributed by atoms with E-state index in [0.717, 1.165) is 12.1 Å². The molecule has 1 fully saturated rings. The largest absolute Gasteiger partial charge is 0.493 e. The van der Waals surface area contributed by atoms with E-state index in [4.69, 9.17) is 9.84 Å². The van der Waals surface area contributed by atoms with Crippen LogP contribution in [0.25, 0.3) is 0 Å². The van der Waals surface area contributed by atoms with E-state index in [2.05, 4.69) is 0 Å². The Kier molecular flexibility index (Phi) is 2.17. The molecule has 5 heteroatoms. The quantitative estimate of drug-likeness (QED) is 0.822. The zero-order valence-corrected chi connectivity index (χ0v) is 8.87. The lowest BCUT2D eigenvalue weighted by molar-refractivity contribution is -0.137. The van der Waals surface area contributed by atoms with Gasteiger partial charge in [-0.1, -0.05) is 0 Å². The maximum atomic E-state index is 12.6. The van der Waals surface area contributed by atoms with Gasteiger partial charge in [0.25, 0.3) is 0 Å². The Bertz CT molecular complexity index is 452. The van der Waals surface area contributed by atoms with Gasteiger partial charge in [0.05, 0.1) is 12.2 Å². The number of aliphatic hydroxyl groups excluding tert-OH is 1. The molecule has 17 heavy (non-hydrogen) atoms. The fraction of sp³-hybridized carbons (Fsp3) is 0.500. The molecule has 1 aliphatic heterocycles. The van der Waals surface area contributed by atoms with Crippen LogP contribution in [-0.4, -0.2) is 18.3 Å². The maximum absolute atomic E-state index is 12.6. The number of benzene rings is 1. The number of halogens is 3. The third-order valence-corrected chi connectivity index (χ3v) is 3.67. The first-order valence-electron chi connectivity index (χ1n) is 5.47. The van der Waals surface area contributed by atoms with Crippen molar-refractivity contribution in [3.63, 3.8) is 0 Å². The van der Waals surface area contributed by atoms with Crippen molar-refractivity contribution in [1.29, 1.82) is 0 Å². The highest BCUT2D eigenvalue weighted by molar-refractivity contribution is 5.46. The van der Waals surface area contributed by atoms with Gasteiger partial charge in [-0.15, -0.1) is 0 Å². The second-order valence-electron chi connectivity index (χ2n) is 4.60. The smallest absolute Gasteiger partial charge is 0.416 e. The van der Waals surface area contributed by atoms with Crippen LogP contribution in [0.5, 0.6) is 5.75 Å². The zero-order chi connectivity index (χ0) is 12.2. The van der Waals surface area contributed by atoms with E-state index in [1.165, 1.54) is 6.07 Å². The normalized spacial score (nSPS) is 30.2. The third-order valence-electron chi connectivity index (χ3n) is 3.67. The summed E-state index contributed by atoms with van der Waals surface area (Å²) in [5, 5.41) is 9.11. The highest BCUT2D eigenvalue weighted by Gasteiger charge is 2.54. The number of hydrogen-bond donors (Lipinski definition) is 1. The van der Waals surface area contributed by atoms with Gasteiger partial charge < -0.3 is 9.84 Å². The summed E-state index contributed by atoms with van der Waals surface area (Å²) in [6, 6.07) is 3.57. The van der Waals surface area contributed by atoms with Crippen molar-refractivity contribution in [2.24, 2.45) is 11.8 Å². The van der Waals surface area contributed by atoms with E-state index in [-0.39, 0.29) is 24.4 Å². The second-order valence-corrected chi connectivity index (χ2v) is 4.60. The Labute approximate surface area is 96.0 Å². The van der Waals surface area contributed by atoms with Crippen LogP contribution in [0.2, 0.25) is 0 Å². The van der Waals surface area contributed by atoms with Gasteiger partial charge in [-0.2, -0.15) is 13.2 Å². The summed E-state index contributed by atoms with van der Waals surface area (Å²) in [5.41, 5.74) is -0.0563. The van der Waals surface area contributed by atoms with E-state index in [1.807, 2.05) is 0 Å². The van der Waals surface area contributed by atoms with Crippen LogP contribution in [-0.2, 0) is 6.18 Å². The molecule has 1 aliphatic carbocycles. The topological polar surface area (TPSA) is 29.5 Å². The summed E-state index contributed by atoms with van der Waals surface area (Å²) >= 11 is 0. The highest BCUT2D eigenvalue weighted by Crippen LogP contribution is 2.59. The first-order valence-corrected chi connectivity index (χ1v) is 5.47. The predicted molar refractivity (Wildman–Crippen MR) is 53.7 cm³/mol. The minimum absolute atomic E-state index is 0.00831.